The molecule has 2 heterocycles. The molecular formula is C22H16FN3O4. The number of nitrogens with one attached hydrogen (secondary N) is 2. The largest absolute Gasteiger partial charge is 0.454 e. The SMILES string of the molecule is O=C(/C=C/c1cccnc1)Nc1cc(NC(=O)c2ccc3c(c2)OCO3)ccc1F. The van der Waals surface area contributed by atoms with E-state index in [9.17, 15) is 14.0 Å². The lowest BCUT2D eigenvalue weighted by Crippen LogP contribution is -2.13. The summed E-state index contributed by atoms with van der Waals surface area (Å²) in [6.45, 7) is 0.108. The normalized spacial score (nSPS) is 12.0. The van der Waals surface area contributed by atoms with Gasteiger partial charge in [-0.25, -0.2) is 4.39 Å². The highest BCUT2D eigenvalue weighted by molar-refractivity contribution is 6.06. The molecule has 2 amide bonds. The molecule has 0 saturated carbocycles. The Bertz CT molecular complexity index is 1130. The Labute approximate surface area is 171 Å². The van der Waals surface area contributed by atoms with Crippen molar-refractivity contribution in [1.29, 1.82) is 0 Å². The lowest BCUT2D eigenvalue weighted by molar-refractivity contribution is -0.111. The molecule has 0 bridgehead atoms. The van der Waals surface area contributed by atoms with Gasteiger partial charge in [-0.15, -0.1) is 0 Å². The van der Waals surface area contributed by atoms with Gasteiger partial charge in [0.15, 0.2) is 11.5 Å². The van der Waals surface area contributed by atoms with Crippen molar-refractivity contribution in [1.82, 2.24) is 4.98 Å². The number of fused-ring (bicyclic) bond motifs is 1. The van der Waals surface area contributed by atoms with E-state index in [1.165, 1.54) is 18.2 Å². The molecule has 0 spiro atoms. The van der Waals surface area contributed by atoms with Crippen LogP contribution in [0.2, 0.25) is 0 Å². The molecule has 0 aliphatic carbocycles. The van der Waals surface area contributed by atoms with E-state index in [2.05, 4.69) is 15.6 Å². The van der Waals surface area contributed by atoms with Gasteiger partial charge in [0, 0.05) is 29.7 Å². The summed E-state index contributed by atoms with van der Waals surface area (Å²) < 4.78 is 24.6. The lowest BCUT2D eigenvalue weighted by atomic mass is 10.1. The van der Waals surface area contributed by atoms with E-state index in [4.69, 9.17) is 9.47 Å². The number of carbonyl (C=O) groups is 2. The van der Waals surface area contributed by atoms with Crippen LogP contribution in [0.15, 0.2) is 67.0 Å². The summed E-state index contributed by atoms with van der Waals surface area (Å²) in [7, 11) is 0. The Hall–Kier alpha value is -4.20. The quantitative estimate of drug-likeness (QED) is 0.630. The second-order valence-corrected chi connectivity index (χ2v) is 6.33. The van der Waals surface area contributed by atoms with E-state index >= 15 is 0 Å². The molecule has 0 saturated heterocycles. The van der Waals surface area contributed by atoms with Gasteiger partial charge in [-0.05, 0) is 54.1 Å². The van der Waals surface area contributed by atoms with Crippen molar-refractivity contribution in [3.63, 3.8) is 0 Å². The molecule has 4 rings (SSSR count). The minimum absolute atomic E-state index is 0.0562. The fraction of sp³-hybridized carbons (Fsp3) is 0.0455. The van der Waals surface area contributed by atoms with Crippen molar-refractivity contribution in [3.05, 3.63) is 83.9 Å². The standard InChI is InChI=1S/C22H16FN3O4/c23-17-6-5-16(25-22(28)15-4-7-19-20(10-15)30-13-29-19)11-18(17)26-21(27)8-3-14-2-1-9-24-12-14/h1-12H,13H2,(H,25,28)(H,26,27)/b8-3+. The van der Waals surface area contributed by atoms with E-state index in [-0.39, 0.29) is 12.5 Å². The number of benzene rings is 2. The van der Waals surface area contributed by atoms with Crippen LogP contribution in [0.3, 0.4) is 0 Å². The van der Waals surface area contributed by atoms with Crippen LogP contribution in [0.1, 0.15) is 15.9 Å². The van der Waals surface area contributed by atoms with Crippen LogP contribution >= 0.6 is 0 Å². The molecule has 1 aliphatic heterocycles. The predicted molar refractivity (Wildman–Crippen MR) is 109 cm³/mol. The highest BCUT2D eigenvalue weighted by Gasteiger charge is 2.16. The first-order chi connectivity index (χ1) is 14.6. The average Bonchev–Trinajstić information content (AvgIpc) is 3.23. The number of aromatic nitrogens is 1. The van der Waals surface area contributed by atoms with Crippen LogP contribution < -0.4 is 20.1 Å². The first-order valence-corrected chi connectivity index (χ1v) is 8.98. The summed E-state index contributed by atoms with van der Waals surface area (Å²) in [6, 6.07) is 12.2. The van der Waals surface area contributed by atoms with Crippen LogP contribution in [0.25, 0.3) is 6.08 Å². The summed E-state index contributed by atoms with van der Waals surface area (Å²) in [4.78, 5) is 28.5. The number of halogens is 1. The number of carbonyl (C=O) groups excluding carboxylic acids is 2. The highest BCUT2D eigenvalue weighted by atomic mass is 19.1. The fourth-order valence-electron chi connectivity index (χ4n) is 2.76. The molecule has 7 nitrogen and oxygen atoms in total. The predicted octanol–water partition coefficient (Wildman–Crippen LogP) is 3.85. The van der Waals surface area contributed by atoms with Crippen LogP contribution in [0, 0.1) is 5.82 Å². The zero-order valence-corrected chi connectivity index (χ0v) is 15.6. The Kier molecular flexibility index (Phi) is 5.38. The number of amides is 2. The molecule has 30 heavy (non-hydrogen) atoms. The molecule has 8 heteroatoms. The molecule has 2 N–H and O–H groups in total. The number of hydrogen-bond donors (Lipinski definition) is 2. The first-order valence-electron chi connectivity index (χ1n) is 8.98. The van der Waals surface area contributed by atoms with Crippen molar-refractivity contribution < 1.29 is 23.5 Å². The fourth-order valence-corrected chi connectivity index (χ4v) is 2.76. The van der Waals surface area contributed by atoms with E-state index in [0.29, 0.717) is 22.7 Å². The van der Waals surface area contributed by atoms with Gasteiger partial charge in [-0.3, -0.25) is 14.6 Å². The van der Waals surface area contributed by atoms with Gasteiger partial charge in [-0.2, -0.15) is 0 Å². The summed E-state index contributed by atoms with van der Waals surface area (Å²) in [5, 5.41) is 5.13. The van der Waals surface area contributed by atoms with E-state index < -0.39 is 17.6 Å². The number of anilines is 2. The summed E-state index contributed by atoms with van der Waals surface area (Å²) in [5.41, 5.74) is 1.36. The molecule has 3 aromatic rings. The van der Waals surface area contributed by atoms with Crippen molar-refractivity contribution in [3.8, 4) is 11.5 Å². The minimum Gasteiger partial charge on any atom is -0.454 e. The summed E-state index contributed by atoms with van der Waals surface area (Å²) >= 11 is 0. The van der Waals surface area contributed by atoms with Crippen LogP contribution in [-0.2, 0) is 4.79 Å². The maximum atomic E-state index is 14.1. The number of pyridine rings is 1. The number of rotatable bonds is 5. The van der Waals surface area contributed by atoms with E-state index in [0.717, 1.165) is 11.6 Å². The van der Waals surface area contributed by atoms with Gasteiger partial charge in [0.2, 0.25) is 12.7 Å². The third-order valence-electron chi connectivity index (χ3n) is 4.23. The Morgan fingerprint density at radius 1 is 1.03 bits per heavy atom. The maximum Gasteiger partial charge on any atom is 0.255 e. The van der Waals surface area contributed by atoms with Gasteiger partial charge < -0.3 is 20.1 Å². The van der Waals surface area contributed by atoms with Gasteiger partial charge in [0.25, 0.3) is 5.91 Å². The van der Waals surface area contributed by atoms with Crippen LogP contribution in [0.5, 0.6) is 11.5 Å². The molecule has 150 valence electrons. The number of hydrogen-bond acceptors (Lipinski definition) is 5. The molecule has 0 atom stereocenters. The zero-order chi connectivity index (χ0) is 20.9. The van der Waals surface area contributed by atoms with Crippen molar-refractivity contribution >= 4 is 29.3 Å². The van der Waals surface area contributed by atoms with Crippen molar-refractivity contribution in [2.24, 2.45) is 0 Å². The van der Waals surface area contributed by atoms with E-state index in [1.807, 2.05) is 0 Å². The Balaban J connectivity index is 1.44. The number of ether oxygens (including phenoxy) is 2. The average molecular weight is 405 g/mol. The monoisotopic (exact) mass is 405 g/mol. The van der Waals surface area contributed by atoms with Crippen molar-refractivity contribution in [2.75, 3.05) is 17.4 Å². The molecule has 1 aromatic heterocycles. The second-order valence-electron chi connectivity index (χ2n) is 6.33. The van der Waals surface area contributed by atoms with Gasteiger partial charge in [-0.1, -0.05) is 6.07 Å². The molecule has 0 fully saturated rings. The van der Waals surface area contributed by atoms with Crippen LogP contribution in [-0.4, -0.2) is 23.6 Å². The molecule has 1 aliphatic rings. The smallest absolute Gasteiger partial charge is 0.255 e. The van der Waals surface area contributed by atoms with Gasteiger partial charge in [0.1, 0.15) is 5.82 Å². The second kappa shape index (κ2) is 8.44. The van der Waals surface area contributed by atoms with E-state index in [1.54, 1.807) is 48.8 Å². The number of nitrogens with zero attached hydrogens (tertiary/aromatic N) is 1. The van der Waals surface area contributed by atoms with Crippen molar-refractivity contribution in [2.45, 2.75) is 0 Å². The summed E-state index contributed by atoms with van der Waals surface area (Å²) in [6.07, 6.45) is 6.05. The minimum atomic E-state index is -0.626. The molecular weight excluding hydrogens is 389 g/mol. The molecule has 2 aromatic carbocycles. The van der Waals surface area contributed by atoms with Crippen LogP contribution in [0.4, 0.5) is 15.8 Å². The molecule has 0 radical (unpaired) electrons. The molecule has 0 unspecified atom stereocenters. The van der Waals surface area contributed by atoms with Gasteiger partial charge in [0.05, 0.1) is 5.69 Å². The Morgan fingerprint density at radius 2 is 1.90 bits per heavy atom. The Morgan fingerprint density at radius 3 is 2.73 bits per heavy atom. The lowest BCUT2D eigenvalue weighted by Gasteiger charge is -2.09. The first kappa shape index (κ1) is 19.1. The summed E-state index contributed by atoms with van der Waals surface area (Å²) in [5.74, 6) is -0.502. The topological polar surface area (TPSA) is 89.6 Å². The third-order valence-corrected chi connectivity index (χ3v) is 4.23. The van der Waals surface area contributed by atoms with Gasteiger partial charge >= 0.3 is 0 Å². The third kappa shape index (κ3) is 4.44. The maximum absolute atomic E-state index is 14.1. The highest BCUT2D eigenvalue weighted by Crippen LogP contribution is 2.32. The zero-order valence-electron chi connectivity index (χ0n) is 15.6.